The summed E-state index contributed by atoms with van der Waals surface area (Å²) in [5.41, 5.74) is 7.29. The molecule has 4 nitrogen and oxygen atoms in total. The molecule has 1 aromatic carbocycles. The molecule has 0 aliphatic heterocycles. The summed E-state index contributed by atoms with van der Waals surface area (Å²) in [5, 5.41) is 6.02. The van der Waals surface area contributed by atoms with Gasteiger partial charge in [0.2, 0.25) is 0 Å². The summed E-state index contributed by atoms with van der Waals surface area (Å²) >= 11 is 0. The second-order valence-corrected chi connectivity index (χ2v) is 3.00. The van der Waals surface area contributed by atoms with Gasteiger partial charge in [-0.25, -0.2) is 0 Å². The van der Waals surface area contributed by atoms with E-state index >= 15 is 0 Å². The summed E-state index contributed by atoms with van der Waals surface area (Å²) in [6, 6.07) is 5.73. The molecule has 13 heavy (non-hydrogen) atoms. The molecule has 4 heteroatoms. The van der Waals surface area contributed by atoms with Gasteiger partial charge >= 0.3 is 0 Å². The molecule has 0 saturated heterocycles. The molecule has 0 unspecified atom stereocenters. The molecule has 0 aliphatic carbocycles. The molecule has 0 spiro atoms. The quantitative estimate of drug-likeness (QED) is 0.619. The molecule has 0 atom stereocenters. The Kier molecular flexibility index (Phi) is 1.90. The topological polar surface area (TPSA) is 74.7 Å². The molecular weight excluding hydrogens is 166 g/mol. The minimum atomic E-state index is -0.0751. The molecule has 1 heterocycles. The van der Waals surface area contributed by atoms with E-state index in [1.54, 1.807) is 0 Å². The Bertz CT molecular complexity index is 469. The Hall–Kier alpha value is -1.55. The molecule has 2 rings (SSSR count). The first-order valence-electron chi connectivity index (χ1n) is 4.20. The Morgan fingerprint density at radius 2 is 2.15 bits per heavy atom. The van der Waals surface area contributed by atoms with Crippen molar-refractivity contribution >= 4 is 10.9 Å². The lowest BCUT2D eigenvalue weighted by molar-refractivity contribution is 0.971. The van der Waals surface area contributed by atoms with Crippen molar-refractivity contribution in [1.82, 2.24) is 10.2 Å². The third-order valence-electron chi connectivity index (χ3n) is 2.07. The van der Waals surface area contributed by atoms with Crippen LogP contribution < -0.4 is 11.3 Å². The van der Waals surface area contributed by atoms with Crippen molar-refractivity contribution in [2.45, 2.75) is 6.42 Å². The number of hydrogen-bond acceptors (Lipinski definition) is 2. The van der Waals surface area contributed by atoms with Crippen LogP contribution in [0.5, 0.6) is 0 Å². The summed E-state index contributed by atoms with van der Waals surface area (Å²) in [6.07, 6.45) is 0.806. The highest BCUT2D eigenvalue weighted by molar-refractivity contribution is 5.78. The Morgan fingerprint density at radius 3 is 2.92 bits per heavy atom. The maximum Gasteiger partial charge on any atom is 0.271 e. The summed E-state index contributed by atoms with van der Waals surface area (Å²) in [5.74, 6) is 0. The van der Waals surface area contributed by atoms with Gasteiger partial charge in [-0.05, 0) is 30.7 Å². The second-order valence-electron chi connectivity index (χ2n) is 3.00. The van der Waals surface area contributed by atoms with E-state index in [9.17, 15) is 4.79 Å². The first-order chi connectivity index (χ1) is 6.31. The van der Waals surface area contributed by atoms with Crippen molar-refractivity contribution in [3.8, 4) is 0 Å². The average Bonchev–Trinajstić information content (AvgIpc) is 2.49. The highest BCUT2D eigenvalue weighted by Gasteiger charge is 2.00. The lowest BCUT2D eigenvalue weighted by atomic mass is 10.1. The van der Waals surface area contributed by atoms with Gasteiger partial charge in [0.05, 0.1) is 10.9 Å². The number of fused-ring (bicyclic) bond motifs is 1. The third-order valence-corrected chi connectivity index (χ3v) is 2.07. The maximum atomic E-state index is 11.2. The summed E-state index contributed by atoms with van der Waals surface area (Å²) < 4.78 is 0. The van der Waals surface area contributed by atoms with Gasteiger partial charge in [-0.2, -0.15) is 0 Å². The van der Waals surface area contributed by atoms with Crippen LogP contribution >= 0.6 is 0 Å². The summed E-state index contributed by atoms with van der Waals surface area (Å²) in [4.78, 5) is 11.2. The lowest BCUT2D eigenvalue weighted by Crippen LogP contribution is -2.03. The number of benzene rings is 1. The fourth-order valence-electron chi connectivity index (χ4n) is 1.40. The van der Waals surface area contributed by atoms with Crippen LogP contribution in [0.25, 0.3) is 10.9 Å². The van der Waals surface area contributed by atoms with Gasteiger partial charge in [0, 0.05) is 0 Å². The van der Waals surface area contributed by atoms with Gasteiger partial charge in [0.25, 0.3) is 5.56 Å². The predicted molar refractivity (Wildman–Crippen MR) is 51.7 cm³/mol. The molecule has 0 aliphatic rings. The Labute approximate surface area is 74.7 Å². The summed E-state index contributed by atoms with van der Waals surface area (Å²) in [7, 11) is 0. The van der Waals surface area contributed by atoms with E-state index in [0.717, 1.165) is 17.5 Å². The molecule has 0 bridgehead atoms. The zero-order chi connectivity index (χ0) is 9.26. The normalized spacial score (nSPS) is 10.8. The number of H-pyrrole nitrogens is 2. The van der Waals surface area contributed by atoms with Crippen LogP contribution in [0.2, 0.25) is 0 Å². The monoisotopic (exact) mass is 177 g/mol. The lowest BCUT2D eigenvalue weighted by Gasteiger charge is -1.96. The van der Waals surface area contributed by atoms with Crippen molar-refractivity contribution in [3.05, 3.63) is 34.1 Å². The Balaban J connectivity index is 2.59. The fraction of sp³-hybridized carbons (Fsp3) is 0.222. The fourth-order valence-corrected chi connectivity index (χ4v) is 1.40. The standard InChI is InChI=1S/C9H11N3O/c10-4-3-6-1-2-8-7(5-6)9(13)12-11-8/h1-2,5H,3-4,10H2,(H2,11,12,13). The van der Waals surface area contributed by atoms with Crippen LogP contribution in [0, 0.1) is 0 Å². The SMILES string of the molecule is NCCc1ccc2[nH][nH]c(=O)c2c1. The predicted octanol–water partition coefficient (Wildman–Crippen LogP) is 0.357. The summed E-state index contributed by atoms with van der Waals surface area (Å²) in [6.45, 7) is 0.605. The van der Waals surface area contributed by atoms with Crippen LogP contribution in [0.3, 0.4) is 0 Å². The Morgan fingerprint density at radius 1 is 1.31 bits per heavy atom. The molecule has 0 saturated carbocycles. The van der Waals surface area contributed by atoms with Crippen molar-refractivity contribution in [2.75, 3.05) is 6.54 Å². The van der Waals surface area contributed by atoms with Crippen LogP contribution in [-0.4, -0.2) is 16.7 Å². The van der Waals surface area contributed by atoms with Gasteiger partial charge < -0.3 is 5.73 Å². The van der Waals surface area contributed by atoms with Crippen LogP contribution in [-0.2, 0) is 6.42 Å². The molecule has 4 N–H and O–H groups in total. The van der Waals surface area contributed by atoms with Crippen LogP contribution in [0.4, 0.5) is 0 Å². The number of aromatic amines is 2. The number of aromatic nitrogens is 2. The highest BCUT2D eigenvalue weighted by Crippen LogP contribution is 2.09. The number of rotatable bonds is 2. The first kappa shape index (κ1) is 8.07. The number of hydrogen-bond donors (Lipinski definition) is 3. The van der Waals surface area contributed by atoms with Crippen molar-refractivity contribution in [2.24, 2.45) is 5.73 Å². The zero-order valence-corrected chi connectivity index (χ0v) is 7.13. The maximum absolute atomic E-state index is 11.2. The van der Waals surface area contributed by atoms with Gasteiger partial charge in [-0.1, -0.05) is 6.07 Å². The van der Waals surface area contributed by atoms with E-state index in [1.807, 2.05) is 18.2 Å². The largest absolute Gasteiger partial charge is 0.330 e. The second kappa shape index (κ2) is 3.06. The third kappa shape index (κ3) is 1.36. The highest BCUT2D eigenvalue weighted by atomic mass is 16.1. The average molecular weight is 177 g/mol. The van der Waals surface area contributed by atoms with E-state index in [1.165, 1.54) is 0 Å². The molecule has 0 radical (unpaired) electrons. The van der Waals surface area contributed by atoms with Crippen LogP contribution in [0.15, 0.2) is 23.0 Å². The molecule has 2 aromatic rings. The van der Waals surface area contributed by atoms with Crippen molar-refractivity contribution in [3.63, 3.8) is 0 Å². The van der Waals surface area contributed by atoms with E-state index in [-0.39, 0.29) is 5.56 Å². The molecule has 1 aromatic heterocycles. The molecule has 68 valence electrons. The smallest absolute Gasteiger partial charge is 0.271 e. The van der Waals surface area contributed by atoms with Gasteiger partial charge in [-0.3, -0.25) is 15.0 Å². The van der Waals surface area contributed by atoms with Crippen molar-refractivity contribution in [1.29, 1.82) is 0 Å². The molecule has 0 fully saturated rings. The minimum absolute atomic E-state index is 0.0751. The van der Waals surface area contributed by atoms with Crippen molar-refractivity contribution < 1.29 is 0 Å². The van der Waals surface area contributed by atoms with Gasteiger partial charge in [-0.15, -0.1) is 0 Å². The number of nitrogens with two attached hydrogens (primary N) is 1. The number of nitrogens with one attached hydrogen (secondary N) is 2. The van der Waals surface area contributed by atoms with E-state index in [2.05, 4.69) is 10.2 Å². The minimum Gasteiger partial charge on any atom is -0.330 e. The van der Waals surface area contributed by atoms with Gasteiger partial charge in [0.1, 0.15) is 0 Å². The zero-order valence-electron chi connectivity index (χ0n) is 7.13. The molecule has 0 amide bonds. The van der Waals surface area contributed by atoms with E-state index in [4.69, 9.17) is 5.73 Å². The van der Waals surface area contributed by atoms with E-state index < -0.39 is 0 Å². The van der Waals surface area contributed by atoms with E-state index in [0.29, 0.717) is 11.9 Å². The van der Waals surface area contributed by atoms with Crippen LogP contribution in [0.1, 0.15) is 5.56 Å². The van der Waals surface area contributed by atoms with Gasteiger partial charge in [0.15, 0.2) is 0 Å². The first-order valence-corrected chi connectivity index (χ1v) is 4.20. The molecular formula is C9H11N3O.